The third-order valence-corrected chi connectivity index (χ3v) is 3.09. The Morgan fingerprint density at radius 2 is 2.11 bits per heavy atom. The average Bonchev–Trinajstić information content (AvgIpc) is 2.43. The molecule has 104 valence electrons. The van der Waals surface area contributed by atoms with Gasteiger partial charge in [0.25, 0.3) is 0 Å². The number of nitrogens with two attached hydrogens (primary N) is 1. The van der Waals surface area contributed by atoms with Crippen LogP contribution in [0.4, 0.5) is 0 Å². The van der Waals surface area contributed by atoms with E-state index in [1.165, 1.54) is 0 Å². The van der Waals surface area contributed by atoms with Gasteiger partial charge >= 0.3 is 0 Å². The number of benzene rings is 1. The van der Waals surface area contributed by atoms with Crippen molar-refractivity contribution in [2.75, 3.05) is 13.2 Å². The first-order valence-electron chi connectivity index (χ1n) is 6.49. The van der Waals surface area contributed by atoms with Crippen molar-refractivity contribution in [2.24, 2.45) is 11.7 Å². The number of para-hydroxylation sites is 2. The summed E-state index contributed by atoms with van der Waals surface area (Å²) in [6, 6.07) is 7.00. The van der Waals surface area contributed by atoms with Gasteiger partial charge in [-0.3, -0.25) is 4.79 Å². The quantitative estimate of drug-likeness (QED) is 0.848. The summed E-state index contributed by atoms with van der Waals surface area (Å²) < 4.78 is 11.3. The number of nitrogens with one attached hydrogen (secondary N) is 1. The fraction of sp³-hybridized carbons (Fsp3) is 0.500. The predicted octanol–water partition coefficient (Wildman–Crippen LogP) is 0.926. The molecular formula is C14H20N2O3. The topological polar surface area (TPSA) is 73.6 Å². The molecule has 1 heterocycles. The van der Waals surface area contributed by atoms with Gasteiger partial charge < -0.3 is 20.5 Å². The highest BCUT2D eigenvalue weighted by Crippen LogP contribution is 2.30. The van der Waals surface area contributed by atoms with E-state index >= 15 is 0 Å². The molecule has 1 aromatic carbocycles. The molecule has 5 nitrogen and oxygen atoms in total. The van der Waals surface area contributed by atoms with Crippen molar-refractivity contribution >= 4 is 5.91 Å². The second-order valence-corrected chi connectivity index (χ2v) is 5.01. The molecule has 0 saturated heterocycles. The van der Waals surface area contributed by atoms with Gasteiger partial charge in [-0.25, -0.2) is 0 Å². The lowest BCUT2D eigenvalue weighted by atomic mass is 10.1. The maximum absolute atomic E-state index is 11.7. The first-order valence-corrected chi connectivity index (χ1v) is 6.49. The van der Waals surface area contributed by atoms with Crippen molar-refractivity contribution in [3.8, 4) is 11.5 Å². The van der Waals surface area contributed by atoms with Gasteiger partial charge in [0, 0.05) is 0 Å². The lowest BCUT2D eigenvalue weighted by molar-refractivity contribution is -0.123. The van der Waals surface area contributed by atoms with E-state index in [0.29, 0.717) is 18.9 Å². The SMILES string of the molecule is CC(C)C(N)C(=O)NC[C@H]1COc2ccccc2O1. The molecule has 0 fully saturated rings. The molecule has 0 saturated carbocycles. The Bertz CT molecular complexity index is 448. The van der Waals surface area contributed by atoms with Crippen LogP contribution in [0.3, 0.4) is 0 Å². The molecule has 2 rings (SSSR count). The summed E-state index contributed by atoms with van der Waals surface area (Å²) in [7, 11) is 0. The van der Waals surface area contributed by atoms with Crippen molar-refractivity contribution in [1.82, 2.24) is 5.32 Å². The van der Waals surface area contributed by atoms with Crippen LogP contribution in [0.1, 0.15) is 13.8 Å². The van der Waals surface area contributed by atoms with Gasteiger partial charge in [-0.15, -0.1) is 0 Å². The first-order chi connectivity index (χ1) is 9.08. The third kappa shape index (κ3) is 3.38. The number of fused-ring (bicyclic) bond motifs is 1. The molecule has 5 heteroatoms. The lowest BCUT2D eigenvalue weighted by Crippen LogP contribution is -2.48. The van der Waals surface area contributed by atoms with Crippen molar-refractivity contribution < 1.29 is 14.3 Å². The molecule has 2 atom stereocenters. The molecule has 19 heavy (non-hydrogen) atoms. The Kier molecular flexibility index (Phi) is 4.27. The Hall–Kier alpha value is -1.75. The lowest BCUT2D eigenvalue weighted by Gasteiger charge is -2.27. The van der Waals surface area contributed by atoms with Crippen LogP contribution in [0, 0.1) is 5.92 Å². The summed E-state index contributed by atoms with van der Waals surface area (Å²) in [6.45, 7) is 4.66. The second-order valence-electron chi connectivity index (χ2n) is 5.01. The summed E-state index contributed by atoms with van der Waals surface area (Å²) in [4.78, 5) is 11.7. The highest BCUT2D eigenvalue weighted by Gasteiger charge is 2.23. The van der Waals surface area contributed by atoms with Crippen LogP contribution in [0.2, 0.25) is 0 Å². The zero-order chi connectivity index (χ0) is 13.8. The van der Waals surface area contributed by atoms with Gasteiger partial charge in [-0.2, -0.15) is 0 Å². The minimum Gasteiger partial charge on any atom is -0.486 e. The van der Waals surface area contributed by atoms with Crippen molar-refractivity contribution in [2.45, 2.75) is 26.0 Å². The molecule has 0 radical (unpaired) electrons. The van der Waals surface area contributed by atoms with Gasteiger partial charge in [-0.05, 0) is 18.1 Å². The van der Waals surface area contributed by atoms with E-state index in [1.807, 2.05) is 38.1 Å². The molecule has 1 aromatic rings. The van der Waals surface area contributed by atoms with Gasteiger partial charge in [0.1, 0.15) is 12.7 Å². The van der Waals surface area contributed by atoms with Gasteiger partial charge in [-0.1, -0.05) is 26.0 Å². The first kappa shape index (κ1) is 13.7. The molecule has 3 N–H and O–H groups in total. The minimum absolute atomic E-state index is 0.115. The fourth-order valence-electron chi connectivity index (χ4n) is 1.80. The Morgan fingerprint density at radius 1 is 1.42 bits per heavy atom. The normalized spacial score (nSPS) is 19.1. The number of rotatable bonds is 4. The summed E-state index contributed by atoms with van der Waals surface area (Å²) in [5.74, 6) is 1.41. The molecule has 1 aliphatic rings. The number of carbonyl (C=O) groups excluding carboxylic acids is 1. The van der Waals surface area contributed by atoms with Gasteiger partial charge in [0.15, 0.2) is 11.5 Å². The zero-order valence-electron chi connectivity index (χ0n) is 11.3. The van der Waals surface area contributed by atoms with Crippen LogP contribution < -0.4 is 20.5 Å². The maximum Gasteiger partial charge on any atom is 0.237 e. The highest BCUT2D eigenvalue weighted by atomic mass is 16.6. The average molecular weight is 264 g/mol. The number of hydrogen-bond acceptors (Lipinski definition) is 4. The van der Waals surface area contributed by atoms with E-state index < -0.39 is 6.04 Å². The monoisotopic (exact) mass is 264 g/mol. The number of ether oxygens (including phenoxy) is 2. The predicted molar refractivity (Wildman–Crippen MR) is 72.2 cm³/mol. The zero-order valence-corrected chi connectivity index (χ0v) is 11.3. The molecule has 0 aromatic heterocycles. The fourth-order valence-corrected chi connectivity index (χ4v) is 1.80. The second kappa shape index (κ2) is 5.93. The summed E-state index contributed by atoms with van der Waals surface area (Å²) >= 11 is 0. The van der Waals surface area contributed by atoms with Crippen LogP contribution >= 0.6 is 0 Å². The largest absolute Gasteiger partial charge is 0.486 e. The van der Waals surface area contributed by atoms with E-state index in [0.717, 1.165) is 5.75 Å². The van der Waals surface area contributed by atoms with E-state index in [2.05, 4.69) is 5.32 Å². The van der Waals surface area contributed by atoms with Gasteiger partial charge in [0.2, 0.25) is 5.91 Å². The van der Waals surface area contributed by atoms with Crippen LogP contribution in [-0.2, 0) is 4.79 Å². The molecule has 1 unspecified atom stereocenters. The van der Waals surface area contributed by atoms with Crippen molar-refractivity contribution in [1.29, 1.82) is 0 Å². The number of amides is 1. The molecule has 1 aliphatic heterocycles. The van der Waals surface area contributed by atoms with E-state index in [1.54, 1.807) is 0 Å². The van der Waals surface area contributed by atoms with E-state index in [4.69, 9.17) is 15.2 Å². The molecule has 0 aliphatic carbocycles. The van der Waals surface area contributed by atoms with Crippen LogP contribution in [-0.4, -0.2) is 31.2 Å². The molecule has 0 spiro atoms. The van der Waals surface area contributed by atoms with E-state index in [9.17, 15) is 4.79 Å². The molecule has 0 bridgehead atoms. The standard InChI is InChI=1S/C14H20N2O3/c1-9(2)13(15)14(17)16-7-10-8-18-11-5-3-4-6-12(11)19-10/h3-6,9-10,13H,7-8,15H2,1-2H3,(H,16,17)/t10-,13?/m0/s1. The highest BCUT2D eigenvalue weighted by molar-refractivity contribution is 5.81. The van der Waals surface area contributed by atoms with Crippen LogP contribution in [0.5, 0.6) is 11.5 Å². The number of hydrogen-bond donors (Lipinski definition) is 2. The summed E-state index contributed by atoms with van der Waals surface area (Å²) in [5.41, 5.74) is 5.77. The molecule has 1 amide bonds. The Balaban J connectivity index is 1.84. The van der Waals surface area contributed by atoms with E-state index in [-0.39, 0.29) is 17.9 Å². The Morgan fingerprint density at radius 3 is 2.79 bits per heavy atom. The summed E-state index contributed by atoms with van der Waals surface area (Å²) in [6.07, 6.45) is -0.182. The molecular weight excluding hydrogens is 244 g/mol. The Labute approximate surface area is 113 Å². The van der Waals surface area contributed by atoms with Crippen molar-refractivity contribution in [3.63, 3.8) is 0 Å². The van der Waals surface area contributed by atoms with Gasteiger partial charge in [0.05, 0.1) is 12.6 Å². The smallest absolute Gasteiger partial charge is 0.237 e. The maximum atomic E-state index is 11.7. The summed E-state index contributed by atoms with van der Waals surface area (Å²) in [5, 5.41) is 2.80. The minimum atomic E-state index is -0.489. The third-order valence-electron chi connectivity index (χ3n) is 3.09. The van der Waals surface area contributed by atoms with Crippen molar-refractivity contribution in [3.05, 3.63) is 24.3 Å². The number of carbonyl (C=O) groups is 1. The van der Waals surface area contributed by atoms with Crippen LogP contribution in [0.25, 0.3) is 0 Å². The van der Waals surface area contributed by atoms with Crippen LogP contribution in [0.15, 0.2) is 24.3 Å².